The van der Waals surface area contributed by atoms with Crippen LogP contribution in [0.25, 0.3) is 11.3 Å². The maximum atomic E-state index is 12.3. The summed E-state index contributed by atoms with van der Waals surface area (Å²) in [4.78, 5) is 12.3. The van der Waals surface area contributed by atoms with Crippen LogP contribution in [0.2, 0.25) is 0 Å². The Balaban J connectivity index is 1.94. The first kappa shape index (κ1) is 16.5. The summed E-state index contributed by atoms with van der Waals surface area (Å²) in [5.74, 6) is 0. The van der Waals surface area contributed by atoms with E-state index < -0.39 is 0 Å². The van der Waals surface area contributed by atoms with Crippen molar-refractivity contribution in [3.05, 3.63) is 74.7 Å². The minimum absolute atomic E-state index is 0.0484. The standard InChI is InChI=1S/C20H22N2OS/c1-20(2,3)16-9-7-14(8-10-16)12-22-18(13-24-19(22)23)15-5-4-6-17(21)11-15/h4-11,13H,12,21H2,1-3H3. The Morgan fingerprint density at radius 2 is 1.79 bits per heavy atom. The van der Waals surface area contributed by atoms with Gasteiger partial charge >= 0.3 is 4.87 Å². The van der Waals surface area contributed by atoms with Crippen molar-refractivity contribution in [3.8, 4) is 11.3 Å². The molecule has 24 heavy (non-hydrogen) atoms. The van der Waals surface area contributed by atoms with Gasteiger partial charge in [0.1, 0.15) is 0 Å². The van der Waals surface area contributed by atoms with Gasteiger partial charge in [0.15, 0.2) is 0 Å². The van der Waals surface area contributed by atoms with Gasteiger partial charge in [0.2, 0.25) is 0 Å². The summed E-state index contributed by atoms with van der Waals surface area (Å²) in [5.41, 5.74) is 11.0. The first-order valence-corrected chi connectivity index (χ1v) is 8.86. The highest BCUT2D eigenvalue weighted by atomic mass is 32.1. The zero-order chi connectivity index (χ0) is 17.3. The van der Waals surface area contributed by atoms with E-state index in [2.05, 4.69) is 45.0 Å². The van der Waals surface area contributed by atoms with E-state index in [1.54, 1.807) is 0 Å². The van der Waals surface area contributed by atoms with Crippen molar-refractivity contribution >= 4 is 17.0 Å². The van der Waals surface area contributed by atoms with Crippen LogP contribution in [-0.2, 0) is 12.0 Å². The average molecular weight is 338 g/mol. The third-order valence-corrected chi connectivity index (χ3v) is 4.89. The average Bonchev–Trinajstić information content (AvgIpc) is 2.88. The fourth-order valence-electron chi connectivity index (χ4n) is 2.70. The molecule has 0 radical (unpaired) electrons. The zero-order valence-corrected chi connectivity index (χ0v) is 15.1. The topological polar surface area (TPSA) is 48.0 Å². The number of thiazole rings is 1. The first-order chi connectivity index (χ1) is 11.3. The second-order valence-electron chi connectivity index (χ2n) is 7.05. The predicted octanol–water partition coefficient (Wildman–Crippen LogP) is 4.50. The third-order valence-electron chi connectivity index (χ3n) is 4.13. The second kappa shape index (κ2) is 6.29. The number of nitrogen functional groups attached to an aromatic ring is 1. The summed E-state index contributed by atoms with van der Waals surface area (Å²) in [5, 5.41) is 1.90. The molecular formula is C20H22N2OS. The molecule has 0 amide bonds. The molecule has 0 aliphatic rings. The van der Waals surface area contributed by atoms with Crippen LogP contribution < -0.4 is 10.6 Å². The molecule has 2 N–H and O–H groups in total. The Kier molecular flexibility index (Phi) is 4.33. The van der Waals surface area contributed by atoms with Crippen molar-refractivity contribution in [2.75, 3.05) is 5.73 Å². The summed E-state index contributed by atoms with van der Waals surface area (Å²) in [6, 6.07) is 16.2. The quantitative estimate of drug-likeness (QED) is 0.715. The van der Waals surface area contributed by atoms with Crippen LogP contribution in [0.4, 0.5) is 5.69 Å². The summed E-state index contributed by atoms with van der Waals surface area (Å²) >= 11 is 1.22. The molecule has 0 aliphatic heterocycles. The summed E-state index contributed by atoms with van der Waals surface area (Å²) in [7, 11) is 0. The molecule has 0 atom stereocenters. The van der Waals surface area contributed by atoms with Crippen molar-refractivity contribution in [2.45, 2.75) is 32.7 Å². The van der Waals surface area contributed by atoms with Gasteiger partial charge in [-0.15, -0.1) is 0 Å². The van der Waals surface area contributed by atoms with E-state index in [0.29, 0.717) is 12.2 Å². The lowest BCUT2D eigenvalue weighted by Crippen LogP contribution is -2.16. The highest BCUT2D eigenvalue weighted by Gasteiger charge is 2.14. The van der Waals surface area contributed by atoms with Crippen molar-refractivity contribution in [1.82, 2.24) is 4.57 Å². The van der Waals surface area contributed by atoms with Crippen molar-refractivity contribution in [1.29, 1.82) is 0 Å². The molecule has 0 aliphatic carbocycles. The molecule has 3 aromatic rings. The largest absolute Gasteiger partial charge is 0.399 e. The molecule has 1 aromatic heterocycles. The normalized spacial score (nSPS) is 11.6. The lowest BCUT2D eigenvalue weighted by molar-refractivity contribution is 0.589. The van der Waals surface area contributed by atoms with Crippen molar-refractivity contribution < 1.29 is 0 Å². The lowest BCUT2D eigenvalue weighted by Gasteiger charge is -2.19. The fourth-order valence-corrected chi connectivity index (χ4v) is 3.46. The monoisotopic (exact) mass is 338 g/mol. The Hall–Kier alpha value is -2.33. The van der Waals surface area contributed by atoms with Gasteiger partial charge < -0.3 is 5.73 Å². The third kappa shape index (κ3) is 3.44. The minimum atomic E-state index is 0.0484. The predicted molar refractivity (Wildman–Crippen MR) is 103 cm³/mol. The van der Waals surface area contributed by atoms with Crippen LogP contribution in [0, 0.1) is 0 Å². The molecular weight excluding hydrogens is 316 g/mol. The number of hydrogen-bond acceptors (Lipinski definition) is 3. The molecule has 0 saturated heterocycles. The summed E-state index contributed by atoms with van der Waals surface area (Å²) in [6.45, 7) is 7.16. The summed E-state index contributed by atoms with van der Waals surface area (Å²) < 4.78 is 1.81. The van der Waals surface area contributed by atoms with Gasteiger partial charge in [-0.2, -0.15) is 0 Å². The zero-order valence-electron chi connectivity index (χ0n) is 14.2. The Morgan fingerprint density at radius 3 is 2.42 bits per heavy atom. The SMILES string of the molecule is CC(C)(C)c1ccc(Cn2c(-c3cccc(N)c3)csc2=O)cc1. The number of hydrogen-bond donors (Lipinski definition) is 1. The van der Waals surface area contributed by atoms with Gasteiger partial charge in [-0.1, -0.05) is 68.5 Å². The van der Waals surface area contributed by atoms with Crippen molar-refractivity contribution in [3.63, 3.8) is 0 Å². The van der Waals surface area contributed by atoms with Crippen molar-refractivity contribution in [2.24, 2.45) is 0 Å². The lowest BCUT2D eigenvalue weighted by atomic mass is 9.87. The van der Waals surface area contributed by atoms with Crippen LogP contribution >= 0.6 is 11.3 Å². The van der Waals surface area contributed by atoms with E-state index in [-0.39, 0.29) is 10.3 Å². The van der Waals surface area contributed by atoms with Crippen LogP contribution in [0.3, 0.4) is 0 Å². The van der Waals surface area contributed by atoms with Gasteiger partial charge in [-0.3, -0.25) is 9.36 Å². The van der Waals surface area contributed by atoms with E-state index in [4.69, 9.17) is 5.73 Å². The van der Waals surface area contributed by atoms with Gasteiger partial charge in [-0.05, 0) is 28.7 Å². The Labute approximate surface area is 146 Å². The van der Waals surface area contributed by atoms with E-state index >= 15 is 0 Å². The number of aromatic nitrogens is 1. The molecule has 3 nitrogen and oxygen atoms in total. The van der Waals surface area contributed by atoms with Crippen LogP contribution in [-0.4, -0.2) is 4.57 Å². The highest BCUT2D eigenvalue weighted by Crippen LogP contribution is 2.25. The van der Waals surface area contributed by atoms with Crippen LogP contribution in [0.1, 0.15) is 31.9 Å². The maximum absolute atomic E-state index is 12.3. The second-order valence-corrected chi connectivity index (χ2v) is 7.87. The Morgan fingerprint density at radius 1 is 1.08 bits per heavy atom. The van der Waals surface area contributed by atoms with Gasteiger partial charge in [0.05, 0.1) is 12.2 Å². The van der Waals surface area contributed by atoms with E-state index in [1.165, 1.54) is 16.9 Å². The molecule has 4 heteroatoms. The molecule has 124 valence electrons. The molecule has 0 bridgehead atoms. The Bertz CT molecular complexity index is 898. The van der Waals surface area contributed by atoms with Crippen LogP contribution in [0.5, 0.6) is 0 Å². The fraction of sp³-hybridized carbons (Fsp3) is 0.250. The number of anilines is 1. The molecule has 3 rings (SSSR count). The number of nitrogens with two attached hydrogens (primary N) is 1. The molecule has 1 heterocycles. The number of nitrogens with zero attached hydrogens (tertiary/aromatic N) is 1. The minimum Gasteiger partial charge on any atom is -0.399 e. The highest BCUT2D eigenvalue weighted by molar-refractivity contribution is 7.07. The van der Waals surface area contributed by atoms with Gasteiger partial charge in [0, 0.05) is 16.6 Å². The van der Waals surface area contributed by atoms with Gasteiger partial charge in [0.25, 0.3) is 0 Å². The van der Waals surface area contributed by atoms with E-state index in [9.17, 15) is 4.79 Å². The number of benzene rings is 2. The van der Waals surface area contributed by atoms with E-state index in [1.807, 2.05) is 34.2 Å². The van der Waals surface area contributed by atoms with Crippen LogP contribution in [0.15, 0.2) is 58.7 Å². The molecule has 2 aromatic carbocycles. The molecule has 0 fully saturated rings. The molecule has 0 saturated carbocycles. The molecule has 0 spiro atoms. The summed E-state index contributed by atoms with van der Waals surface area (Å²) in [6.07, 6.45) is 0. The first-order valence-electron chi connectivity index (χ1n) is 7.98. The van der Waals surface area contributed by atoms with E-state index in [0.717, 1.165) is 16.8 Å². The molecule has 0 unspecified atom stereocenters. The smallest absolute Gasteiger partial charge is 0.307 e. The maximum Gasteiger partial charge on any atom is 0.307 e. The van der Waals surface area contributed by atoms with Gasteiger partial charge in [-0.25, -0.2) is 0 Å². The number of rotatable bonds is 3.